The van der Waals surface area contributed by atoms with Gasteiger partial charge >= 0.3 is 0 Å². The van der Waals surface area contributed by atoms with E-state index in [1.54, 1.807) is 12.1 Å². The summed E-state index contributed by atoms with van der Waals surface area (Å²) < 4.78 is 18.4. The maximum atomic E-state index is 12.9. The maximum absolute atomic E-state index is 12.9. The monoisotopic (exact) mass is 400 g/mol. The van der Waals surface area contributed by atoms with E-state index in [1.807, 2.05) is 44.2 Å². The molecule has 0 fully saturated rings. The number of carbonyl (C=O) groups excluding carboxylic acids is 2. The molecule has 1 atom stereocenters. The van der Waals surface area contributed by atoms with Gasteiger partial charge < -0.3 is 15.4 Å². The Morgan fingerprint density at radius 2 is 1.69 bits per heavy atom. The Hall–Kier alpha value is -2.89. The lowest BCUT2D eigenvalue weighted by molar-refractivity contribution is -0.129. The third kappa shape index (κ3) is 8.34. The molecule has 0 aliphatic carbocycles. The number of halogens is 1. The van der Waals surface area contributed by atoms with Crippen LogP contribution in [-0.4, -0.2) is 25.0 Å². The third-order valence-corrected chi connectivity index (χ3v) is 4.25. The fraction of sp³-hybridized carbons (Fsp3) is 0.391. The number of rotatable bonds is 11. The number of nitrogens with one attached hydrogen (secondary N) is 2. The van der Waals surface area contributed by atoms with Crippen molar-refractivity contribution in [1.82, 2.24) is 10.6 Å². The number of unbranched alkanes of at least 4 members (excludes halogenated alkanes) is 1. The van der Waals surface area contributed by atoms with Gasteiger partial charge in [0.1, 0.15) is 17.6 Å². The molecular weight excluding hydrogens is 371 g/mol. The van der Waals surface area contributed by atoms with E-state index in [-0.39, 0.29) is 23.5 Å². The summed E-state index contributed by atoms with van der Waals surface area (Å²) in [4.78, 5) is 24.8. The lowest BCUT2D eigenvalue weighted by Gasteiger charge is -2.19. The summed E-state index contributed by atoms with van der Waals surface area (Å²) in [5.41, 5.74) is 0.752. The van der Waals surface area contributed by atoms with Crippen molar-refractivity contribution in [2.24, 2.45) is 5.92 Å². The highest BCUT2D eigenvalue weighted by atomic mass is 19.1. The topological polar surface area (TPSA) is 67.4 Å². The van der Waals surface area contributed by atoms with Crippen LogP contribution in [0.1, 0.15) is 44.7 Å². The summed E-state index contributed by atoms with van der Waals surface area (Å²) in [6, 6.07) is 14.4. The lowest BCUT2D eigenvalue weighted by Crippen LogP contribution is -2.41. The van der Waals surface area contributed by atoms with Crippen molar-refractivity contribution in [3.05, 3.63) is 66.0 Å². The summed E-state index contributed by atoms with van der Waals surface area (Å²) >= 11 is 0. The molecular formula is C23H29FN2O3. The first-order valence-corrected chi connectivity index (χ1v) is 9.96. The highest BCUT2D eigenvalue weighted by Crippen LogP contribution is 2.14. The maximum Gasteiger partial charge on any atom is 0.247 e. The Labute approximate surface area is 171 Å². The molecule has 5 nitrogen and oxygen atoms in total. The number of benzene rings is 2. The van der Waals surface area contributed by atoms with Gasteiger partial charge in [-0.3, -0.25) is 9.59 Å². The van der Waals surface area contributed by atoms with Crippen molar-refractivity contribution in [3.8, 4) is 5.75 Å². The summed E-state index contributed by atoms with van der Waals surface area (Å²) in [7, 11) is 0. The Bertz CT molecular complexity index is 763. The largest absolute Gasteiger partial charge is 0.494 e. The molecule has 2 N–H and O–H groups in total. The Morgan fingerprint density at radius 3 is 2.34 bits per heavy atom. The predicted molar refractivity (Wildman–Crippen MR) is 111 cm³/mol. The second-order valence-electron chi connectivity index (χ2n) is 7.31. The van der Waals surface area contributed by atoms with Crippen molar-refractivity contribution in [2.75, 3.05) is 13.2 Å². The van der Waals surface area contributed by atoms with Crippen LogP contribution in [0.4, 0.5) is 4.39 Å². The molecule has 0 heterocycles. The predicted octanol–water partition coefficient (Wildman–Crippen LogP) is 4.00. The van der Waals surface area contributed by atoms with Crippen molar-refractivity contribution in [3.63, 3.8) is 0 Å². The standard InChI is InChI=1S/C23H29FN2O3/c1-17(2)16-21(27)26-22(18-8-4-3-5-9-18)23(28)25-14-6-7-15-29-20-12-10-19(24)11-13-20/h3-5,8-13,17,22H,6-7,14-16H2,1-2H3,(H,25,28)(H,26,27). The quantitative estimate of drug-likeness (QED) is 0.560. The molecule has 0 radical (unpaired) electrons. The minimum absolute atomic E-state index is 0.142. The van der Waals surface area contributed by atoms with Crippen molar-refractivity contribution < 1.29 is 18.7 Å². The molecule has 0 aliphatic rings. The number of hydrogen-bond acceptors (Lipinski definition) is 3. The molecule has 6 heteroatoms. The Morgan fingerprint density at radius 1 is 1.00 bits per heavy atom. The van der Waals surface area contributed by atoms with Crippen LogP contribution in [0, 0.1) is 11.7 Å². The Balaban J connectivity index is 1.78. The zero-order valence-electron chi connectivity index (χ0n) is 17.0. The zero-order valence-corrected chi connectivity index (χ0v) is 17.0. The minimum atomic E-state index is -0.710. The number of carbonyl (C=O) groups is 2. The second kappa shape index (κ2) is 11.8. The summed E-state index contributed by atoms with van der Waals surface area (Å²) in [5, 5.41) is 5.72. The van der Waals surface area contributed by atoms with Crippen LogP contribution in [-0.2, 0) is 9.59 Å². The fourth-order valence-corrected chi connectivity index (χ4v) is 2.80. The van der Waals surface area contributed by atoms with Crippen LogP contribution in [0.5, 0.6) is 5.75 Å². The highest BCUT2D eigenvalue weighted by Gasteiger charge is 2.22. The van der Waals surface area contributed by atoms with Crippen molar-refractivity contribution in [1.29, 1.82) is 0 Å². The summed E-state index contributed by atoms with van der Waals surface area (Å²) in [6.45, 7) is 4.89. The van der Waals surface area contributed by atoms with Gasteiger partial charge in [-0.1, -0.05) is 44.2 Å². The molecule has 0 bridgehead atoms. The van der Waals surface area contributed by atoms with E-state index in [0.717, 1.165) is 18.4 Å². The fourth-order valence-electron chi connectivity index (χ4n) is 2.80. The zero-order chi connectivity index (χ0) is 21.1. The van der Waals surface area contributed by atoms with Gasteiger partial charge in [-0.25, -0.2) is 4.39 Å². The van der Waals surface area contributed by atoms with Crippen molar-refractivity contribution >= 4 is 11.8 Å². The summed E-state index contributed by atoms with van der Waals surface area (Å²) in [5.74, 6) is 0.168. The summed E-state index contributed by atoms with van der Waals surface area (Å²) in [6.07, 6.45) is 1.85. The van der Waals surface area contributed by atoms with Crippen LogP contribution in [0.2, 0.25) is 0 Å². The van der Waals surface area contributed by atoms with Gasteiger partial charge in [0.15, 0.2) is 0 Å². The smallest absolute Gasteiger partial charge is 0.247 e. The second-order valence-corrected chi connectivity index (χ2v) is 7.31. The number of amides is 2. The van der Waals surface area contributed by atoms with Gasteiger partial charge in [0, 0.05) is 13.0 Å². The molecule has 2 aromatic carbocycles. The average molecular weight is 400 g/mol. The molecule has 156 valence electrons. The van der Waals surface area contributed by atoms with Crippen LogP contribution in [0.25, 0.3) is 0 Å². The van der Waals surface area contributed by atoms with E-state index in [1.165, 1.54) is 12.1 Å². The first-order valence-electron chi connectivity index (χ1n) is 9.96. The molecule has 0 saturated heterocycles. The van der Waals surface area contributed by atoms with E-state index >= 15 is 0 Å². The van der Waals surface area contributed by atoms with Crippen LogP contribution in [0.15, 0.2) is 54.6 Å². The normalized spacial score (nSPS) is 11.7. The van der Waals surface area contributed by atoms with E-state index in [4.69, 9.17) is 4.74 Å². The molecule has 0 saturated carbocycles. The molecule has 2 rings (SSSR count). The van der Waals surface area contributed by atoms with E-state index in [0.29, 0.717) is 25.3 Å². The first kappa shape index (κ1) is 22.4. The molecule has 2 amide bonds. The van der Waals surface area contributed by atoms with Crippen LogP contribution < -0.4 is 15.4 Å². The molecule has 0 aliphatic heterocycles. The van der Waals surface area contributed by atoms with Gasteiger partial charge in [-0.15, -0.1) is 0 Å². The van der Waals surface area contributed by atoms with Crippen LogP contribution in [0.3, 0.4) is 0 Å². The molecule has 2 aromatic rings. The van der Waals surface area contributed by atoms with E-state index in [2.05, 4.69) is 10.6 Å². The van der Waals surface area contributed by atoms with Crippen LogP contribution >= 0.6 is 0 Å². The van der Waals surface area contributed by atoms with Crippen molar-refractivity contribution in [2.45, 2.75) is 39.2 Å². The Kier molecular flexibility index (Phi) is 9.15. The van der Waals surface area contributed by atoms with Gasteiger partial charge in [-0.05, 0) is 48.6 Å². The number of hydrogen-bond donors (Lipinski definition) is 2. The minimum Gasteiger partial charge on any atom is -0.494 e. The van der Waals surface area contributed by atoms with Gasteiger partial charge in [0.2, 0.25) is 11.8 Å². The molecule has 0 spiro atoms. The molecule has 29 heavy (non-hydrogen) atoms. The third-order valence-electron chi connectivity index (χ3n) is 4.25. The molecule has 1 unspecified atom stereocenters. The first-order chi connectivity index (χ1) is 14.0. The van der Waals surface area contributed by atoms with Gasteiger partial charge in [0.05, 0.1) is 6.61 Å². The van der Waals surface area contributed by atoms with Gasteiger partial charge in [-0.2, -0.15) is 0 Å². The van der Waals surface area contributed by atoms with E-state index in [9.17, 15) is 14.0 Å². The highest BCUT2D eigenvalue weighted by molar-refractivity contribution is 5.88. The average Bonchev–Trinajstić information content (AvgIpc) is 2.70. The molecule has 0 aromatic heterocycles. The number of ether oxygens (including phenoxy) is 1. The van der Waals surface area contributed by atoms with E-state index < -0.39 is 6.04 Å². The SMILES string of the molecule is CC(C)CC(=O)NC(C(=O)NCCCCOc1ccc(F)cc1)c1ccccc1. The lowest BCUT2D eigenvalue weighted by atomic mass is 10.0. The van der Waals surface area contributed by atoms with Gasteiger partial charge in [0.25, 0.3) is 0 Å².